The lowest BCUT2D eigenvalue weighted by Gasteiger charge is -2.15. The van der Waals surface area contributed by atoms with Gasteiger partial charge in [0.2, 0.25) is 10.0 Å². The van der Waals surface area contributed by atoms with E-state index in [-0.39, 0.29) is 21.0 Å². The second-order valence-electron chi connectivity index (χ2n) is 4.70. The molecule has 0 saturated carbocycles. The molecule has 0 aliphatic rings. The molecule has 0 spiro atoms. The number of hydrogen-bond donors (Lipinski definition) is 2. The summed E-state index contributed by atoms with van der Waals surface area (Å²) >= 11 is 11.6. The van der Waals surface area contributed by atoms with Crippen molar-refractivity contribution in [3.05, 3.63) is 27.7 Å². The van der Waals surface area contributed by atoms with Crippen molar-refractivity contribution in [2.75, 3.05) is 0 Å². The summed E-state index contributed by atoms with van der Waals surface area (Å²) < 4.78 is 27.0. The zero-order valence-corrected chi connectivity index (χ0v) is 14.0. The zero-order chi connectivity index (χ0) is 16.2. The molecule has 0 radical (unpaired) electrons. The van der Waals surface area contributed by atoms with Gasteiger partial charge in [-0.25, -0.2) is 17.9 Å². The molecule has 2 N–H and O–H groups in total. The summed E-state index contributed by atoms with van der Waals surface area (Å²) in [6.45, 7) is 3.76. The molecule has 1 aromatic carbocycles. The fraction of sp³-hybridized carbons (Fsp3) is 0.462. The fourth-order valence-corrected chi connectivity index (χ4v) is 4.03. The molecule has 0 amide bonds. The number of benzene rings is 1. The van der Waals surface area contributed by atoms with Crippen molar-refractivity contribution >= 4 is 39.2 Å². The van der Waals surface area contributed by atoms with Gasteiger partial charge >= 0.3 is 5.97 Å². The summed E-state index contributed by atoms with van der Waals surface area (Å²) in [5, 5.41) is 8.56. The van der Waals surface area contributed by atoms with Crippen LogP contribution in [0.1, 0.15) is 43.5 Å². The van der Waals surface area contributed by atoms with Crippen molar-refractivity contribution in [3.63, 3.8) is 0 Å². The molecule has 21 heavy (non-hydrogen) atoms. The van der Waals surface area contributed by atoms with Crippen LogP contribution in [0.25, 0.3) is 0 Å². The summed E-state index contributed by atoms with van der Waals surface area (Å²) in [7, 11) is -3.90. The van der Waals surface area contributed by atoms with Crippen LogP contribution >= 0.6 is 23.2 Å². The number of nitrogens with one attached hydrogen (secondary N) is 1. The van der Waals surface area contributed by atoms with E-state index in [9.17, 15) is 13.2 Å². The number of carbonyl (C=O) groups is 1. The standard InChI is InChI=1S/C13H17Cl2NO4S/c1-3-4-5-8(2)16-21(19,20)10-7-6-9(14)11(12(10)15)13(17)18/h6-8,16H,3-5H2,1-2H3,(H,17,18). The molecule has 0 fully saturated rings. The number of hydrogen-bond acceptors (Lipinski definition) is 3. The van der Waals surface area contributed by atoms with Crippen LogP contribution in [0.2, 0.25) is 10.0 Å². The second kappa shape index (κ2) is 7.45. The van der Waals surface area contributed by atoms with Gasteiger partial charge in [-0.15, -0.1) is 0 Å². The topological polar surface area (TPSA) is 83.5 Å². The summed E-state index contributed by atoms with van der Waals surface area (Å²) in [6.07, 6.45) is 2.53. The molecule has 0 aromatic heterocycles. The number of rotatable bonds is 7. The molecule has 0 saturated heterocycles. The van der Waals surface area contributed by atoms with Gasteiger partial charge in [-0.2, -0.15) is 0 Å². The summed E-state index contributed by atoms with van der Waals surface area (Å²) in [5.41, 5.74) is -0.414. The van der Waals surface area contributed by atoms with Crippen LogP contribution in [0, 0.1) is 0 Å². The minimum absolute atomic E-state index is 0.106. The minimum atomic E-state index is -3.90. The summed E-state index contributed by atoms with van der Waals surface area (Å²) in [6, 6.07) is 2.14. The van der Waals surface area contributed by atoms with Crippen LogP contribution in [0.5, 0.6) is 0 Å². The highest BCUT2D eigenvalue weighted by Crippen LogP contribution is 2.31. The van der Waals surface area contributed by atoms with E-state index < -0.39 is 21.6 Å². The predicted molar refractivity (Wildman–Crippen MR) is 82.7 cm³/mol. The number of aromatic carboxylic acids is 1. The second-order valence-corrected chi connectivity index (χ2v) is 7.17. The number of halogens is 2. The number of unbranched alkanes of at least 4 members (excludes halogenated alkanes) is 1. The van der Waals surface area contributed by atoms with Crippen LogP contribution < -0.4 is 4.72 Å². The Morgan fingerprint density at radius 1 is 1.38 bits per heavy atom. The Morgan fingerprint density at radius 3 is 2.52 bits per heavy atom. The highest BCUT2D eigenvalue weighted by Gasteiger charge is 2.25. The maximum atomic E-state index is 12.3. The van der Waals surface area contributed by atoms with Crippen LogP contribution in [0.4, 0.5) is 0 Å². The molecule has 1 unspecified atom stereocenters. The van der Waals surface area contributed by atoms with Gasteiger partial charge in [0.1, 0.15) is 4.90 Å². The SMILES string of the molecule is CCCCC(C)NS(=O)(=O)c1ccc(Cl)c(C(=O)O)c1Cl. The van der Waals surface area contributed by atoms with Gasteiger partial charge in [-0.1, -0.05) is 43.0 Å². The third kappa shape index (κ3) is 4.57. The lowest BCUT2D eigenvalue weighted by molar-refractivity contribution is 0.0697. The zero-order valence-electron chi connectivity index (χ0n) is 11.7. The maximum Gasteiger partial charge on any atom is 0.338 e. The molecular weight excluding hydrogens is 337 g/mol. The van der Waals surface area contributed by atoms with Crippen molar-refractivity contribution in [1.29, 1.82) is 0 Å². The van der Waals surface area contributed by atoms with Crippen LogP contribution in [-0.2, 0) is 10.0 Å². The first-order chi connectivity index (χ1) is 9.70. The molecular formula is C13H17Cl2NO4S. The van der Waals surface area contributed by atoms with E-state index >= 15 is 0 Å². The average molecular weight is 354 g/mol. The lowest BCUT2D eigenvalue weighted by Crippen LogP contribution is -2.32. The van der Waals surface area contributed by atoms with Crippen LogP contribution in [0.3, 0.4) is 0 Å². The normalized spacial score (nSPS) is 13.1. The predicted octanol–water partition coefficient (Wildman–Crippen LogP) is 3.55. The van der Waals surface area contributed by atoms with Crippen LogP contribution in [0.15, 0.2) is 17.0 Å². The number of carboxylic acid groups (broad SMARTS) is 1. The maximum absolute atomic E-state index is 12.3. The van der Waals surface area contributed by atoms with E-state index in [1.165, 1.54) is 12.1 Å². The van der Waals surface area contributed by atoms with Gasteiger partial charge in [-0.3, -0.25) is 0 Å². The molecule has 5 nitrogen and oxygen atoms in total. The highest BCUT2D eigenvalue weighted by molar-refractivity contribution is 7.89. The van der Waals surface area contributed by atoms with Crippen LogP contribution in [-0.4, -0.2) is 25.5 Å². The first-order valence-corrected chi connectivity index (χ1v) is 8.68. The third-order valence-corrected chi connectivity index (χ3v) is 5.36. The molecule has 118 valence electrons. The molecule has 1 rings (SSSR count). The Labute approximate surface area is 134 Å². The van der Waals surface area contributed by atoms with E-state index in [0.717, 1.165) is 12.8 Å². The van der Waals surface area contributed by atoms with Gasteiger partial charge in [0, 0.05) is 6.04 Å². The van der Waals surface area contributed by atoms with Crippen molar-refractivity contribution in [2.24, 2.45) is 0 Å². The average Bonchev–Trinajstić information content (AvgIpc) is 2.34. The molecule has 0 aliphatic heterocycles. The first-order valence-electron chi connectivity index (χ1n) is 6.44. The largest absolute Gasteiger partial charge is 0.478 e. The van der Waals surface area contributed by atoms with E-state index in [1.54, 1.807) is 6.92 Å². The van der Waals surface area contributed by atoms with Gasteiger partial charge in [-0.05, 0) is 25.5 Å². The molecule has 1 atom stereocenters. The van der Waals surface area contributed by atoms with E-state index in [0.29, 0.717) is 6.42 Å². The molecule has 8 heteroatoms. The molecule has 0 heterocycles. The first kappa shape index (κ1) is 18.2. The quantitative estimate of drug-likeness (QED) is 0.784. The Bertz CT molecular complexity index is 631. The van der Waals surface area contributed by atoms with Crippen molar-refractivity contribution < 1.29 is 18.3 Å². The van der Waals surface area contributed by atoms with E-state index in [4.69, 9.17) is 28.3 Å². The summed E-state index contributed by atoms with van der Waals surface area (Å²) in [5.74, 6) is -1.37. The van der Waals surface area contributed by atoms with Gasteiger partial charge < -0.3 is 5.11 Å². The van der Waals surface area contributed by atoms with Crippen molar-refractivity contribution in [3.8, 4) is 0 Å². The molecule has 0 bridgehead atoms. The van der Waals surface area contributed by atoms with Gasteiger partial charge in [0.15, 0.2) is 0 Å². The monoisotopic (exact) mass is 353 g/mol. The molecule has 0 aliphatic carbocycles. The Hall–Kier alpha value is -0.820. The van der Waals surface area contributed by atoms with Crippen molar-refractivity contribution in [2.45, 2.75) is 44.0 Å². The Morgan fingerprint density at radius 2 is 2.00 bits per heavy atom. The lowest BCUT2D eigenvalue weighted by atomic mass is 10.2. The van der Waals surface area contributed by atoms with Gasteiger partial charge in [0.25, 0.3) is 0 Å². The van der Waals surface area contributed by atoms with E-state index in [2.05, 4.69) is 4.72 Å². The third-order valence-electron chi connectivity index (χ3n) is 2.91. The molecule has 1 aromatic rings. The van der Waals surface area contributed by atoms with Gasteiger partial charge in [0.05, 0.1) is 15.6 Å². The highest BCUT2D eigenvalue weighted by atomic mass is 35.5. The van der Waals surface area contributed by atoms with E-state index in [1.807, 2.05) is 6.92 Å². The minimum Gasteiger partial charge on any atom is -0.478 e. The fourth-order valence-electron chi connectivity index (χ4n) is 1.83. The smallest absolute Gasteiger partial charge is 0.338 e. The number of sulfonamides is 1. The number of carboxylic acids is 1. The Balaban J connectivity index is 3.15. The van der Waals surface area contributed by atoms with Crippen molar-refractivity contribution in [1.82, 2.24) is 4.72 Å². The summed E-state index contributed by atoms with van der Waals surface area (Å²) in [4.78, 5) is 10.8. The Kier molecular flexibility index (Phi) is 6.46.